The van der Waals surface area contributed by atoms with Gasteiger partial charge in [-0.05, 0) is 12.8 Å². The molecule has 110 valence electrons. The van der Waals surface area contributed by atoms with E-state index < -0.39 is 11.3 Å². The number of hydrogen-bond acceptors (Lipinski definition) is 3. The highest BCUT2D eigenvalue weighted by atomic mass is 16.2. The first-order valence-electron chi connectivity index (χ1n) is 6.95. The van der Waals surface area contributed by atoms with Gasteiger partial charge in [0.25, 0.3) is 11.8 Å². The Labute approximate surface area is 121 Å². The quantitative estimate of drug-likeness (QED) is 0.765. The van der Waals surface area contributed by atoms with Gasteiger partial charge >= 0.3 is 0 Å². The Kier molecular flexibility index (Phi) is 2.97. The van der Waals surface area contributed by atoms with Crippen LogP contribution in [0.25, 0.3) is 0 Å². The van der Waals surface area contributed by atoms with Crippen molar-refractivity contribution in [3.63, 3.8) is 0 Å². The van der Waals surface area contributed by atoms with Gasteiger partial charge in [-0.15, -0.1) is 0 Å². The SMILES string of the molecule is CC1C=CC(C)N2CC1n1cc(C(N)=O)c(=O)cc1C2=O. The van der Waals surface area contributed by atoms with Gasteiger partial charge < -0.3 is 15.2 Å². The molecule has 6 nitrogen and oxygen atoms in total. The van der Waals surface area contributed by atoms with Crippen molar-refractivity contribution in [2.24, 2.45) is 11.7 Å². The van der Waals surface area contributed by atoms with Gasteiger partial charge in [0.15, 0.2) is 5.43 Å². The van der Waals surface area contributed by atoms with Crippen LogP contribution in [0.3, 0.4) is 0 Å². The molecule has 2 N–H and O–H groups in total. The zero-order valence-corrected chi connectivity index (χ0v) is 11.9. The number of amides is 2. The number of carbonyl (C=O) groups is 2. The molecule has 2 amide bonds. The Morgan fingerprint density at radius 3 is 2.67 bits per heavy atom. The van der Waals surface area contributed by atoms with E-state index in [2.05, 4.69) is 13.0 Å². The third kappa shape index (κ3) is 1.98. The third-order valence-corrected chi connectivity index (χ3v) is 4.36. The minimum Gasteiger partial charge on any atom is -0.365 e. The molecule has 3 unspecified atom stereocenters. The van der Waals surface area contributed by atoms with Gasteiger partial charge in [-0.1, -0.05) is 19.1 Å². The summed E-state index contributed by atoms with van der Waals surface area (Å²) in [6.45, 7) is 4.57. The zero-order valence-electron chi connectivity index (χ0n) is 11.9. The fraction of sp³-hybridized carbons (Fsp3) is 0.400. The molecule has 0 spiro atoms. The lowest BCUT2D eigenvalue weighted by molar-refractivity contribution is 0.0618. The summed E-state index contributed by atoms with van der Waals surface area (Å²) >= 11 is 0. The lowest BCUT2D eigenvalue weighted by Gasteiger charge is -2.38. The van der Waals surface area contributed by atoms with E-state index in [0.29, 0.717) is 12.2 Å². The highest BCUT2D eigenvalue weighted by molar-refractivity contribution is 5.96. The molecule has 0 aliphatic carbocycles. The van der Waals surface area contributed by atoms with Crippen molar-refractivity contribution in [1.82, 2.24) is 9.47 Å². The second-order valence-electron chi connectivity index (χ2n) is 5.72. The van der Waals surface area contributed by atoms with E-state index in [1.54, 1.807) is 9.47 Å². The molecule has 0 saturated carbocycles. The van der Waals surface area contributed by atoms with Crippen LogP contribution in [0.4, 0.5) is 0 Å². The predicted octanol–water partition coefficient (Wildman–Crippen LogP) is 0.539. The maximum Gasteiger partial charge on any atom is 0.271 e. The Morgan fingerprint density at radius 2 is 2.00 bits per heavy atom. The molecule has 3 heterocycles. The van der Waals surface area contributed by atoms with Crippen LogP contribution in [0.15, 0.2) is 29.2 Å². The number of primary amides is 1. The normalized spacial score (nSPS) is 27.2. The lowest BCUT2D eigenvalue weighted by atomic mass is 9.98. The Balaban J connectivity index is 2.24. The monoisotopic (exact) mass is 287 g/mol. The predicted molar refractivity (Wildman–Crippen MR) is 77.1 cm³/mol. The summed E-state index contributed by atoms with van der Waals surface area (Å²) < 4.78 is 1.73. The summed E-state index contributed by atoms with van der Waals surface area (Å²) in [4.78, 5) is 37.6. The fourth-order valence-electron chi connectivity index (χ4n) is 3.04. The van der Waals surface area contributed by atoms with Crippen molar-refractivity contribution in [1.29, 1.82) is 0 Å². The van der Waals surface area contributed by atoms with Crippen molar-refractivity contribution >= 4 is 11.8 Å². The van der Waals surface area contributed by atoms with Crippen molar-refractivity contribution in [3.05, 3.63) is 45.9 Å². The molecule has 0 saturated heterocycles. The lowest BCUT2D eigenvalue weighted by Crippen LogP contribution is -2.48. The second-order valence-corrected chi connectivity index (χ2v) is 5.72. The molecule has 2 bridgehead atoms. The van der Waals surface area contributed by atoms with Crippen LogP contribution in [-0.2, 0) is 0 Å². The van der Waals surface area contributed by atoms with Crippen LogP contribution in [0.2, 0.25) is 0 Å². The molecule has 6 heteroatoms. The summed E-state index contributed by atoms with van der Waals surface area (Å²) in [5, 5.41) is 0. The van der Waals surface area contributed by atoms with E-state index in [0.717, 1.165) is 0 Å². The molecular formula is C15H17N3O3. The molecule has 0 radical (unpaired) electrons. The number of nitrogens with zero attached hydrogens (tertiary/aromatic N) is 2. The standard InChI is InChI=1S/C15H17N3O3/c1-8-3-4-9(2)17-7-12(8)18-6-10(14(16)20)13(19)5-11(18)15(17)21/h3-6,8-9,12H,7H2,1-2H3,(H2,16,20). The average molecular weight is 287 g/mol. The number of hydrogen-bond donors (Lipinski definition) is 1. The number of carbonyl (C=O) groups excluding carboxylic acids is 2. The van der Waals surface area contributed by atoms with Gasteiger partial charge in [0.2, 0.25) is 0 Å². The summed E-state index contributed by atoms with van der Waals surface area (Å²) in [5.74, 6) is -0.770. The molecule has 2 aliphatic rings. The first-order valence-corrected chi connectivity index (χ1v) is 6.95. The minimum atomic E-state index is -0.768. The topological polar surface area (TPSA) is 85.4 Å². The van der Waals surface area contributed by atoms with E-state index >= 15 is 0 Å². The summed E-state index contributed by atoms with van der Waals surface area (Å²) in [7, 11) is 0. The van der Waals surface area contributed by atoms with E-state index in [1.165, 1.54) is 12.3 Å². The highest BCUT2D eigenvalue weighted by Crippen LogP contribution is 2.31. The van der Waals surface area contributed by atoms with Gasteiger partial charge in [-0.25, -0.2) is 0 Å². The summed E-state index contributed by atoms with van der Waals surface area (Å²) in [5.41, 5.74) is 4.98. The van der Waals surface area contributed by atoms with E-state index in [9.17, 15) is 14.4 Å². The van der Waals surface area contributed by atoms with Crippen LogP contribution in [-0.4, -0.2) is 33.9 Å². The van der Waals surface area contributed by atoms with Crippen LogP contribution in [0, 0.1) is 5.92 Å². The number of fused-ring (bicyclic) bond motifs is 4. The van der Waals surface area contributed by atoms with E-state index in [-0.39, 0.29) is 29.5 Å². The number of allylic oxidation sites excluding steroid dienone is 1. The molecular weight excluding hydrogens is 270 g/mol. The largest absolute Gasteiger partial charge is 0.365 e. The second kappa shape index (κ2) is 4.58. The Hall–Kier alpha value is -2.37. The van der Waals surface area contributed by atoms with E-state index in [4.69, 9.17) is 5.73 Å². The van der Waals surface area contributed by atoms with Gasteiger partial charge in [0.05, 0.1) is 6.04 Å². The summed E-state index contributed by atoms with van der Waals surface area (Å²) in [6.07, 6.45) is 5.50. The number of nitrogens with two attached hydrogens (primary N) is 1. The first kappa shape index (κ1) is 13.6. The van der Waals surface area contributed by atoms with Crippen LogP contribution < -0.4 is 11.2 Å². The van der Waals surface area contributed by atoms with Crippen molar-refractivity contribution in [2.75, 3.05) is 6.54 Å². The Morgan fingerprint density at radius 1 is 1.29 bits per heavy atom. The van der Waals surface area contributed by atoms with Crippen molar-refractivity contribution in [2.45, 2.75) is 25.9 Å². The number of rotatable bonds is 1. The fourth-order valence-corrected chi connectivity index (χ4v) is 3.04. The Bertz CT molecular complexity index is 719. The van der Waals surface area contributed by atoms with Crippen LogP contribution in [0.1, 0.15) is 40.7 Å². The van der Waals surface area contributed by atoms with Gasteiger partial charge in [0, 0.05) is 24.8 Å². The maximum atomic E-state index is 12.5. The third-order valence-electron chi connectivity index (χ3n) is 4.36. The number of pyridine rings is 1. The molecule has 2 aliphatic heterocycles. The number of aromatic nitrogens is 1. The molecule has 3 rings (SSSR count). The van der Waals surface area contributed by atoms with Crippen molar-refractivity contribution < 1.29 is 9.59 Å². The van der Waals surface area contributed by atoms with E-state index in [1.807, 2.05) is 13.0 Å². The molecule has 0 fully saturated rings. The van der Waals surface area contributed by atoms with Crippen LogP contribution in [0.5, 0.6) is 0 Å². The molecule has 1 aromatic heterocycles. The summed E-state index contributed by atoms with van der Waals surface area (Å²) in [6, 6.07) is 1.22. The zero-order chi connectivity index (χ0) is 15.3. The molecule has 1 aromatic rings. The van der Waals surface area contributed by atoms with Gasteiger partial charge in [-0.3, -0.25) is 14.4 Å². The van der Waals surface area contributed by atoms with Gasteiger partial charge in [-0.2, -0.15) is 0 Å². The van der Waals surface area contributed by atoms with Crippen LogP contribution >= 0.6 is 0 Å². The molecule has 0 aromatic carbocycles. The molecule has 3 atom stereocenters. The maximum absolute atomic E-state index is 12.5. The highest BCUT2D eigenvalue weighted by Gasteiger charge is 2.37. The average Bonchev–Trinajstić information content (AvgIpc) is 2.56. The van der Waals surface area contributed by atoms with Crippen molar-refractivity contribution in [3.8, 4) is 0 Å². The molecule has 21 heavy (non-hydrogen) atoms. The van der Waals surface area contributed by atoms with Gasteiger partial charge in [0.1, 0.15) is 11.3 Å². The minimum absolute atomic E-state index is 0.00222. The smallest absolute Gasteiger partial charge is 0.271 e. The first-order chi connectivity index (χ1) is 9.90.